The summed E-state index contributed by atoms with van der Waals surface area (Å²) < 4.78 is 15.6. The van der Waals surface area contributed by atoms with Gasteiger partial charge < -0.3 is 5.73 Å². The summed E-state index contributed by atoms with van der Waals surface area (Å²) in [7, 11) is 0. The van der Waals surface area contributed by atoms with Crippen molar-refractivity contribution in [1.82, 2.24) is 9.78 Å². The molecule has 4 heteroatoms. The number of rotatable bonds is 3. The first-order valence-electron chi connectivity index (χ1n) is 7.20. The summed E-state index contributed by atoms with van der Waals surface area (Å²) in [5.41, 5.74) is 8.26. The number of benzene rings is 1. The van der Waals surface area contributed by atoms with Crippen molar-refractivity contribution in [3.63, 3.8) is 0 Å². The highest BCUT2D eigenvalue weighted by atomic mass is 19.1. The Bertz CT molecular complexity index is 599. The summed E-state index contributed by atoms with van der Waals surface area (Å²) in [4.78, 5) is 0. The van der Waals surface area contributed by atoms with E-state index in [-0.39, 0.29) is 11.2 Å². The summed E-state index contributed by atoms with van der Waals surface area (Å²) in [5, 5.41) is 4.61. The SMILES string of the molecule is CC(C)(C)c1cn(Cc2ccccc2F)nc1C(C)(C)N. The van der Waals surface area contributed by atoms with Crippen LogP contribution in [0.25, 0.3) is 0 Å². The lowest BCUT2D eigenvalue weighted by Gasteiger charge is -2.24. The monoisotopic (exact) mass is 289 g/mol. The summed E-state index contributed by atoms with van der Waals surface area (Å²) in [5.74, 6) is -0.209. The van der Waals surface area contributed by atoms with Crippen LogP contribution in [0.3, 0.4) is 0 Å². The average Bonchev–Trinajstić information content (AvgIpc) is 2.76. The van der Waals surface area contributed by atoms with E-state index < -0.39 is 5.54 Å². The minimum atomic E-state index is -0.525. The van der Waals surface area contributed by atoms with Crippen LogP contribution in [0.2, 0.25) is 0 Å². The van der Waals surface area contributed by atoms with Gasteiger partial charge in [0.1, 0.15) is 5.82 Å². The maximum Gasteiger partial charge on any atom is 0.128 e. The van der Waals surface area contributed by atoms with Gasteiger partial charge in [0.25, 0.3) is 0 Å². The molecule has 0 aliphatic rings. The summed E-state index contributed by atoms with van der Waals surface area (Å²) in [6.45, 7) is 10.7. The Morgan fingerprint density at radius 2 is 1.76 bits per heavy atom. The van der Waals surface area contributed by atoms with Crippen LogP contribution in [0.4, 0.5) is 4.39 Å². The maximum atomic E-state index is 13.8. The molecule has 0 spiro atoms. The Morgan fingerprint density at radius 3 is 2.24 bits per heavy atom. The molecule has 0 bridgehead atoms. The first-order chi connectivity index (χ1) is 9.59. The van der Waals surface area contributed by atoms with Crippen LogP contribution in [-0.4, -0.2) is 9.78 Å². The third kappa shape index (κ3) is 3.50. The molecule has 3 nitrogen and oxygen atoms in total. The van der Waals surface area contributed by atoms with E-state index in [0.29, 0.717) is 12.1 Å². The highest BCUT2D eigenvalue weighted by Gasteiger charge is 2.29. The van der Waals surface area contributed by atoms with Gasteiger partial charge in [-0.2, -0.15) is 5.10 Å². The van der Waals surface area contributed by atoms with Gasteiger partial charge >= 0.3 is 0 Å². The fourth-order valence-electron chi connectivity index (χ4n) is 2.33. The molecule has 0 fully saturated rings. The van der Waals surface area contributed by atoms with E-state index in [2.05, 4.69) is 25.9 Å². The molecule has 2 N–H and O–H groups in total. The number of hydrogen-bond acceptors (Lipinski definition) is 2. The van der Waals surface area contributed by atoms with E-state index in [1.54, 1.807) is 16.8 Å². The molecular formula is C17H24FN3. The van der Waals surface area contributed by atoms with Gasteiger partial charge in [0.05, 0.1) is 17.8 Å². The average molecular weight is 289 g/mol. The second-order valence-electron chi connectivity index (χ2n) is 7.15. The Kier molecular flexibility index (Phi) is 3.93. The van der Waals surface area contributed by atoms with Gasteiger partial charge in [0.15, 0.2) is 0 Å². The Morgan fingerprint density at radius 1 is 1.14 bits per heavy atom. The van der Waals surface area contributed by atoms with Gasteiger partial charge in [-0.1, -0.05) is 39.0 Å². The summed E-state index contributed by atoms with van der Waals surface area (Å²) in [6.07, 6.45) is 1.98. The maximum absolute atomic E-state index is 13.8. The zero-order valence-electron chi connectivity index (χ0n) is 13.4. The highest BCUT2D eigenvalue weighted by Crippen LogP contribution is 2.30. The molecule has 2 aromatic rings. The van der Waals surface area contributed by atoms with E-state index in [0.717, 1.165) is 11.3 Å². The van der Waals surface area contributed by atoms with E-state index in [1.807, 2.05) is 26.1 Å². The molecule has 1 heterocycles. The van der Waals surface area contributed by atoms with Crippen LogP contribution in [0, 0.1) is 5.82 Å². The quantitative estimate of drug-likeness (QED) is 0.939. The first-order valence-corrected chi connectivity index (χ1v) is 7.20. The molecule has 0 radical (unpaired) electrons. The molecule has 0 atom stereocenters. The van der Waals surface area contributed by atoms with Crippen LogP contribution in [-0.2, 0) is 17.5 Å². The van der Waals surface area contributed by atoms with Gasteiger partial charge in [-0.25, -0.2) is 4.39 Å². The van der Waals surface area contributed by atoms with Crippen LogP contribution in [0.5, 0.6) is 0 Å². The van der Waals surface area contributed by atoms with Crippen molar-refractivity contribution in [2.75, 3.05) is 0 Å². The number of aromatic nitrogens is 2. The minimum Gasteiger partial charge on any atom is -0.321 e. The van der Waals surface area contributed by atoms with Gasteiger partial charge in [-0.05, 0) is 25.3 Å². The number of halogens is 1. The van der Waals surface area contributed by atoms with Crippen molar-refractivity contribution in [2.24, 2.45) is 5.73 Å². The summed E-state index contributed by atoms with van der Waals surface area (Å²) >= 11 is 0. The lowest BCUT2D eigenvalue weighted by atomic mass is 9.83. The van der Waals surface area contributed by atoms with E-state index in [4.69, 9.17) is 5.73 Å². The predicted molar refractivity (Wildman–Crippen MR) is 83.6 cm³/mol. The fraction of sp³-hybridized carbons (Fsp3) is 0.471. The third-order valence-corrected chi connectivity index (χ3v) is 3.47. The minimum absolute atomic E-state index is 0.0561. The predicted octanol–water partition coefficient (Wildman–Crippen LogP) is 3.56. The zero-order chi connectivity index (χ0) is 15.8. The number of nitrogens with zero attached hydrogens (tertiary/aromatic N) is 2. The fourth-order valence-corrected chi connectivity index (χ4v) is 2.33. The molecule has 0 unspecified atom stereocenters. The van der Waals surface area contributed by atoms with Crippen molar-refractivity contribution in [3.8, 4) is 0 Å². The van der Waals surface area contributed by atoms with Crippen molar-refractivity contribution < 1.29 is 4.39 Å². The first kappa shape index (κ1) is 15.7. The van der Waals surface area contributed by atoms with Gasteiger partial charge in [-0.15, -0.1) is 0 Å². The van der Waals surface area contributed by atoms with Crippen molar-refractivity contribution in [1.29, 1.82) is 0 Å². The molecule has 0 saturated heterocycles. The smallest absolute Gasteiger partial charge is 0.128 e. The molecule has 1 aromatic heterocycles. The molecule has 0 amide bonds. The normalized spacial score (nSPS) is 12.7. The third-order valence-electron chi connectivity index (χ3n) is 3.47. The zero-order valence-corrected chi connectivity index (χ0v) is 13.4. The molecule has 2 rings (SSSR count). The lowest BCUT2D eigenvalue weighted by molar-refractivity contribution is 0.492. The van der Waals surface area contributed by atoms with Gasteiger partial charge in [0.2, 0.25) is 0 Å². The van der Waals surface area contributed by atoms with E-state index in [1.165, 1.54) is 6.07 Å². The summed E-state index contributed by atoms with van der Waals surface area (Å²) in [6, 6.07) is 6.77. The molecule has 0 aliphatic carbocycles. The topological polar surface area (TPSA) is 43.8 Å². The van der Waals surface area contributed by atoms with Gasteiger partial charge in [-0.3, -0.25) is 4.68 Å². The number of nitrogens with two attached hydrogens (primary N) is 1. The molecule has 1 aromatic carbocycles. The van der Waals surface area contributed by atoms with Crippen LogP contribution in [0.15, 0.2) is 30.5 Å². The molecule has 114 valence electrons. The Labute approximate surface area is 126 Å². The van der Waals surface area contributed by atoms with Crippen molar-refractivity contribution >= 4 is 0 Å². The molecule has 0 aliphatic heterocycles. The van der Waals surface area contributed by atoms with Crippen molar-refractivity contribution in [3.05, 3.63) is 53.1 Å². The molecule has 21 heavy (non-hydrogen) atoms. The largest absolute Gasteiger partial charge is 0.321 e. The molecule has 0 saturated carbocycles. The molecular weight excluding hydrogens is 265 g/mol. The van der Waals surface area contributed by atoms with E-state index in [9.17, 15) is 4.39 Å². The standard InChI is InChI=1S/C17H24FN3/c1-16(2,3)13-11-21(20-15(13)17(4,5)19)10-12-8-6-7-9-14(12)18/h6-9,11H,10,19H2,1-5H3. The Balaban J connectivity index is 2.43. The van der Waals surface area contributed by atoms with E-state index >= 15 is 0 Å². The second kappa shape index (κ2) is 5.26. The second-order valence-corrected chi connectivity index (χ2v) is 7.15. The van der Waals surface area contributed by atoms with Gasteiger partial charge in [0, 0.05) is 17.3 Å². The van der Waals surface area contributed by atoms with Crippen LogP contribution in [0.1, 0.15) is 51.4 Å². The number of hydrogen-bond donors (Lipinski definition) is 1. The van der Waals surface area contributed by atoms with Crippen LogP contribution >= 0.6 is 0 Å². The Hall–Kier alpha value is -1.68. The lowest BCUT2D eigenvalue weighted by Crippen LogP contribution is -2.32. The van der Waals surface area contributed by atoms with Crippen molar-refractivity contribution in [2.45, 2.75) is 52.1 Å². The highest BCUT2D eigenvalue weighted by molar-refractivity contribution is 5.30. The van der Waals surface area contributed by atoms with Crippen LogP contribution < -0.4 is 5.73 Å².